The van der Waals surface area contributed by atoms with E-state index in [-0.39, 0.29) is 11.5 Å². The molecule has 9 nitrogen and oxygen atoms in total. The van der Waals surface area contributed by atoms with Crippen LogP contribution in [0.3, 0.4) is 0 Å². The monoisotopic (exact) mass is 508 g/mol. The molecule has 0 aliphatic heterocycles. The van der Waals surface area contributed by atoms with Crippen molar-refractivity contribution < 1.29 is 22.7 Å². The first-order chi connectivity index (χ1) is 17.2. The number of nitrogens with zero attached hydrogens (tertiary/aromatic N) is 2. The Balaban J connectivity index is 1.77. The number of hydrazone groups is 1. The summed E-state index contributed by atoms with van der Waals surface area (Å²) in [6.45, 7) is 3.11. The normalized spacial score (nSPS) is 11.3. The lowest BCUT2D eigenvalue weighted by atomic mass is 10.1. The Hall–Kier alpha value is -4.18. The van der Waals surface area contributed by atoms with Crippen molar-refractivity contribution in [3.8, 4) is 5.75 Å². The van der Waals surface area contributed by atoms with Gasteiger partial charge in [-0.05, 0) is 66.9 Å². The van der Waals surface area contributed by atoms with Gasteiger partial charge in [0.15, 0.2) is 6.61 Å². The van der Waals surface area contributed by atoms with Gasteiger partial charge in [-0.15, -0.1) is 0 Å². The van der Waals surface area contributed by atoms with Crippen molar-refractivity contribution in [2.24, 2.45) is 10.8 Å². The van der Waals surface area contributed by atoms with Crippen molar-refractivity contribution >= 4 is 33.7 Å². The van der Waals surface area contributed by atoms with Crippen molar-refractivity contribution in [1.82, 2.24) is 5.43 Å². The molecule has 0 fully saturated rings. The zero-order valence-electron chi connectivity index (χ0n) is 20.0. The van der Waals surface area contributed by atoms with Gasteiger partial charge in [-0.2, -0.15) is 5.10 Å². The van der Waals surface area contributed by atoms with Crippen molar-refractivity contribution in [3.63, 3.8) is 0 Å². The Labute approximate surface area is 210 Å². The van der Waals surface area contributed by atoms with Crippen molar-refractivity contribution in [3.05, 3.63) is 89.5 Å². The van der Waals surface area contributed by atoms with E-state index in [9.17, 15) is 18.0 Å². The fourth-order valence-corrected chi connectivity index (χ4v) is 4.80. The van der Waals surface area contributed by atoms with Crippen LogP contribution in [-0.2, 0) is 26.0 Å². The summed E-state index contributed by atoms with van der Waals surface area (Å²) in [7, 11) is -4.02. The predicted octanol–water partition coefficient (Wildman–Crippen LogP) is 2.77. The SMILES string of the molecule is CCc1ccccc1N(CC(=O)N/N=C\c1ccc(OCC(N)=O)cc1)S(=O)(=O)c1ccc(C)cc1. The average molecular weight is 509 g/mol. The molecule has 3 aromatic carbocycles. The number of anilines is 1. The number of aryl methyl sites for hydroxylation is 2. The molecule has 3 rings (SSSR count). The predicted molar refractivity (Wildman–Crippen MR) is 138 cm³/mol. The first-order valence-corrected chi connectivity index (χ1v) is 12.6. The largest absolute Gasteiger partial charge is 0.484 e. The number of nitrogens with two attached hydrogens (primary N) is 1. The number of hydrogen-bond acceptors (Lipinski definition) is 6. The van der Waals surface area contributed by atoms with Gasteiger partial charge in [-0.1, -0.05) is 42.8 Å². The Morgan fingerprint density at radius 3 is 2.33 bits per heavy atom. The molecule has 3 aromatic rings. The van der Waals surface area contributed by atoms with Crippen LogP contribution in [0.5, 0.6) is 5.75 Å². The van der Waals surface area contributed by atoms with Gasteiger partial charge in [-0.3, -0.25) is 13.9 Å². The molecule has 0 atom stereocenters. The van der Waals surface area contributed by atoms with Crippen molar-refractivity contribution in [1.29, 1.82) is 0 Å². The molecule has 0 aliphatic rings. The van der Waals surface area contributed by atoms with Crippen molar-refractivity contribution in [2.75, 3.05) is 17.5 Å². The lowest BCUT2D eigenvalue weighted by Crippen LogP contribution is -2.40. The lowest BCUT2D eigenvalue weighted by Gasteiger charge is -2.25. The highest BCUT2D eigenvalue weighted by Crippen LogP contribution is 2.27. The van der Waals surface area contributed by atoms with Crippen LogP contribution in [0.1, 0.15) is 23.6 Å². The number of carbonyl (C=O) groups is 2. The molecule has 2 amide bonds. The molecule has 0 radical (unpaired) electrons. The van der Waals surface area contributed by atoms with E-state index in [1.165, 1.54) is 18.3 Å². The highest BCUT2D eigenvalue weighted by atomic mass is 32.2. The summed E-state index contributed by atoms with van der Waals surface area (Å²) in [4.78, 5) is 23.6. The maximum Gasteiger partial charge on any atom is 0.264 e. The molecule has 0 saturated carbocycles. The highest BCUT2D eigenvalue weighted by Gasteiger charge is 2.28. The van der Waals surface area contributed by atoms with Gasteiger partial charge in [0, 0.05) is 0 Å². The summed E-state index contributed by atoms with van der Waals surface area (Å²) in [5.74, 6) is -0.723. The molecule has 0 aliphatic carbocycles. The number of carbonyl (C=O) groups excluding carboxylic acids is 2. The van der Waals surface area contributed by atoms with Crippen LogP contribution in [0, 0.1) is 6.92 Å². The van der Waals surface area contributed by atoms with E-state index in [1.54, 1.807) is 48.5 Å². The second kappa shape index (κ2) is 12.0. The van der Waals surface area contributed by atoms with Gasteiger partial charge in [-0.25, -0.2) is 13.8 Å². The summed E-state index contributed by atoms with van der Waals surface area (Å²) in [6.07, 6.45) is 2.00. The van der Waals surface area contributed by atoms with E-state index in [0.29, 0.717) is 23.4 Å². The molecule has 0 unspecified atom stereocenters. The number of nitrogens with one attached hydrogen (secondary N) is 1. The van der Waals surface area contributed by atoms with Crippen LogP contribution in [0.25, 0.3) is 0 Å². The van der Waals surface area contributed by atoms with E-state index < -0.39 is 28.4 Å². The van der Waals surface area contributed by atoms with Gasteiger partial charge in [0.2, 0.25) is 0 Å². The summed E-state index contributed by atoms with van der Waals surface area (Å²) in [6, 6.07) is 20.2. The van der Waals surface area contributed by atoms with Crippen molar-refractivity contribution in [2.45, 2.75) is 25.2 Å². The van der Waals surface area contributed by atoms with Gasteiger partial charge in [0.25, 0.3) is 21.8 Å². The fourth-order valence-electron chi connectivity index (χ4n) is 3.34. The third kappa shape index (κ3) is 6.92. The highest BCUT2D eigenvalue weighted by molar-refractivity contribution is 7.92. The quantitative estimate of drug-likeness (QED) is 0.304. The van der Waals surface area contributed by atoms with Crippen LogP contribution in [0.2, 0.25) is 0 Å². The van der Waals surface area contributed by atoms with E-state index >= 15 is 0 Å². The summed E-state index contributed by atoms with van der Waals surface area (Å²) < 4.78 is 33.4. The Bertz CT molecular complexity index is 1340. The number of amides is 2. The van der Waals surface area contributed by atoms with E-state index in [2.05, 4.69) is 10.5 Å². The van der Waals surface area contributed by atoms with Gasteiger partial charge in [0.1, 0.15) is 12.3 Å². The molecule has 0 saturated heterocycles. The maximum atomic E-state index is 13.5. The van der Waals surface area contributed by atoms with E-state index in [1.807, 2.05) is 26.0 Å². The number of para-hydroxylation sites is 1. The minimum absolute atomic E-state index is 0.0916. The molecule has 0 spiro atoms. The van der Waals surface area contributed by atoms with E-state index in [0.717, 1.165) is 15.4 Å². The fraction of sp³-hybridized carbons (Fsp3) is 0.192. The molecule has 0 aromatic heterocycles. The Morgan fingerprint density at radius 2 is 1.69 bits per heavy atom. The first-order valence-electron chi connectivity index (χ1n) is 11.2. The molecular weight excluding hydrogens is 480 g/mol. The number of rotatable bonds is 11. The minimum atomic E-state index is -4.02. The maximum absolute atomic E-state index is 13.5. The van der Waals surface area contributed by atoms with Crippen LogP contribution >= 0.6 is 0 Å². The zero-order valence-corrected chi connectivity index (χ0v) is 20.9. The lowest BCUT2D eigenvalue weighted by molar-refractivity contribution is -0.120. The average Bonchev–Trinajstić information content (AvgIpc) is 2.87. The van der Waals surface area contributed by atoms with Gasteiger partial charge < -0.3 is 10.5 Å². The third-order valence-electron chi connectivity index (χ3n) is 5.20. The smallest absolute Gasteiger partial charge is 0.264 e. The van der Waals surface area contributed by atoms with Gasteiger partial charge in [0.05, 0.1) is 16.8 Å². The number of sulfonamides is 1. The summed E-state index contributed by atoms with van der Waals surface area (Å²) in [5, 5.41) is 3.94. The molecule has 10 heteroatoms. The van der Waals surface area contributed by atoms with Crippen LogP contribution in [0.15, 0.2) is 82.8 Å². The number of hydrogen-bond donors (Lipinski definition) is 2. The topological polar surface area (TPSA) is 131 Å². The van der Waals surface area contributed by atoms with Crippen LogP contribution < -0.4 is 20.2 Å². The third-order valence-corrected chi connectivity index (χ3v) is 6.98. The zero-order chi connectivity index (χ0) is 26.1. The Kier molecular flexibility index (Phi) is 8.80. The second-order valence-corrected chi connectivity index (χ2v) is 9.79. The summed E-state index contributed by atoms with van der Waals surface area (Å²) in [5.41, 5.74) is 10.3. The molecule has 3 N–H and O–H groups in total. The minimum Gasteiger partial charge on any atom is -0.484 e. The first kappa shape index (κ1) is 26.4. The van der Waals surface area contributed by atoms with Gasteiger partial charge >= 0.3 is 0 Å². The number of benzene rings is 3. The summed E-state index contributed by atoms with van der Waals surface area (Å²) >= 11 is 0. The molecule has 36 heavy (non-hydrogen) atoms. The molecule has 188 valence electrons. The number of primary amides is 1. The van der Waals surface area contributed by atoms with Crippen LogP contribution in [0.4, 0.5) is 5.69 Å². The molecule has 0 bridgehead atoms. The molecular formula is C26H28N4O5S. The van der Waals surface area contributed by atoms with E-state index in [4.69, 9.17) is 10.5 Å². The second-order valence-electron chi connectivity index (χ2n) is 7.92. The Morgan fingerprint density at radius 1 is 1.03 bits per heavy atom. The number of ether oxygens (including phenoxy) is 1. The van der Waals surface area contributed by atoms with Crippen LogP contribution in [-0.4, -0.2) is 39.6 Å². The standard InChI is InChI=1S/C26H28N4O5S/c1-3-21-6-4-5-7-24(21)30(36(33,34)23-14-8-19(2)9-15-23)17-26(32)29-28-16-20-10-12-22(13-11-20)35-18-25(27)31/h4-16H,3,17-18H2,1-2H3,(H2,27,31)(H,29,32)/b28-16-. The molecule has 0 heterocycles.